The molecule has 0 unspecified atom stereocenters. The number of nitrogens with zero attached hydrogens (tertiary/aromatic N) is 1. The summed E-state index contributed by atoms with van der Waals surface area (Å²) < 4.78 is 19.9. The van der Waals surface area contributed by atoms with E-state index in [0.29, 0.717) is 13.0 Å². The molecule has 6 nitrogen and oxygen atoms in total. The average molecular weight is 370 g/mol. The van der Waals surface area contributed by atoms with E-state index >= 15 is 0 Å². The highest BCUT2D eigenvalue weighted by Gasteiger charge is 2.50. The number of halogens is 1. The van der Waals surface area contributed by atoms with Crippen molar-refractivity contribution in [3.8, 4) is 5.75 Å². The third-order valence-electron chi connectivity index (χ3n) is 5.25. The third-order valence-corrected chi connectivity index (χ3v) is 5.25. The molecule has 2 aromatic rings. The maximum atomic E-state index is 14.1. The minimum absolute atomic E-state index is 0.0746. The van der Waals surface area contributed by atoms with E-state index in [1.165, 1.54) is 17.0 Å². The molecule has 2 heterocycles. The van der Waals surface area contributed by atoms with E-state index in [-0.39, 0.29) is 30.4 Å². The average Bonchev–Trinajstić information content (AvgIpc) is 2.67. The van der Waals surface area contributed by atoms with Crippen LogP contribution < -0.4 is 5.32 Å². The normalized spacial score (nSPS) is 24.9. The summed E-state index contributed by atoms with van der Waals surface area (Å²) in [4.78, 5) is 26.3. The number of phenolic OH excluding ortho intramolecular Hbond substituents is 1. The number of carbonyl (C=O) groups excluding carboxylic acids is 2. The van der Waals surface area contributed by atoms with Crippen LogP contribution in [0, 0.1) is 5.82 Å². The van der Waals surface area contributed by atoms with Crippen LogP contribution in [0.4, 0.5) is 4.39 Å². The predicted octanol–water partition coefficient (Wildman–Crippen LogP) is 1.79. The Bertz CT molecular complexity index is 889. The Morgan fingerprint density at radius 3 is 2.78 bits per heavy atom. The predicted molar refractivity (Wildman–Crippen MR) is 94.6 cm³/mol. The first-order valence-corrected chi connectivity index (χ1v) is 8.75. The third kappa shape index (κ3) is 3.04. The van der Waals surface area contributed by atoms with Gasteiger partial charge in [0.05, 0.1) is 11.1 Å². The van der Waals surface area contributed by atoms with Crippen LogP contribution in [0.25, 0.3) is 0 Å². The second-order valence-corrected chi connectivity index (χ2v) is 6.85. The first-order valence-electron chi connectivity index (χ1n) is 8.75. The molecule has 2 N–H and O–H groups in total. The molecule has 2 aliphatic rings. The SMILES string of the molecule is O=C1CO[C@@H]2CN(C(=O)c3ccc(O)cc3F)CC[C@@]2(c2ccccc2)N1. The van der Waals surface area contributed by atoms with Gasteiger partial charge in [-0.3, -0.25) is 9.59 Å². The molecule has 2 aromatic carbocycles. The van der Waals surface area contributed by atoms with Gasteiger partial charge in [-0.15, -0.1) is 0 Å². The van der Waals surface area contributed by atoms with Crippen LogP contribution in [-0.4, -0.2) is 47.6 Å². The van der Waals surface area contributed by atoms with Gasteiger partial charge in [0.25, 0.3) is 5.91 Å². The molecule has 2 aliphatic heterocycles. The Hall–Kier alpha value is -2.93. The summed E-state index contributed by atoms with van der Waals surface area (Å²) >= 11 is 0. The van der Waals surface area contributed by atoms with Gasteiger partial charge in [-0.25, -0.2) is 4.39 Å². The van der Waals surface area contributed by atoms with Crippen LogP contribution in [0.5, 0.6) is 5.75 Å². The number of benzene rings is 2. The number of ether oxygens (including phenoxy) is 1. The highest BCUT2D eigenvalue weighted by Crippen LogP contribution is 2.37. The lowest BCUT2D eigenvalue weighted by Crippen LogP contribution is -2.67. The smallest absolute Gasteiger partial charge is 0.256 e. The molecule has 2 amide bonds. The lowest BCUT2D eigenvalue weighted by atomic mass is 9.77. The molecule has 0 spiro atoms. The van der Waals surface area contributed by atoms with Crippen LogP contribution in [0.3, 0.4) is 0 Å². The molecule has 0 bridgehead atoms. The molecule has 140 valence electrons. The van der Waals surface area contributed by atoms with Crippen molar-refractivity contribution in [2.75, 3.05) is 19.7 Å². The highest BCUT2D eigenvalue weighted by molar-refractivity contribution is 5.94. The van der Waals surface area contributed by atoms with E-state index in [1.807, 2.05) is 30.3 Å². The van der Waals surface area contributed by atoms with Crippen molar-refractivity contribution in [3.05, 3.63) is 65.5 Å². The van der Waals surface area contributed by atoms with Crippen molar-refractivity contribution in [1.29, 1.82) is 0 Å². The minimum atomic E-state index is -0.766. The van der Waals surface area contributed by atoms with E-state index in [9.17, 15) is 19.1 Å². The lowest BCUT2D eigenvalue weighted by molar-refractivity contribution is -0.150. The number of phenols is 1. The fourth-order valence-electron chi connectivity index (χ4n) is 3.89. The number of fused-ring (bicyclic) bond motifs is 1. The first kappa shape index (κ1) is 17.5. The number of rotatable bonds is 2. The molecular weight excluding hydrogens is 351 g/mol. The number of hydrogen-bond donors (Lipinski definition) is 2. The summed E-state index contributed by atoms with van der Waals surface area (Å²) in [5, 5.41) is 12.4. The molecule has 0 aliphatic carbocycles. The number of likely N-dealkylation sites (tertiary alicyclic amines) is 1. The Labute approximate surface area is 155 Å². The monoisotopic (exact) mass is 370 g/mol. The summed E-state index contributed by atoms with van der Waals surface area (Å²) in [5.74, 6) is -1.66. The maximum absolute atomic E-state index is 14.1. The van der Waals surface area contributed by atoms with Gasteiger partial charge >= 0.3 is 0 Å². The maximum Gasteiger partial charge on any atom is 0.256 e. The first-order chi connectivity index (χ1) is 13.0. The molecule has 0 aromatic heterocycles. The highest BCUT2D eigenvalue weighted by atomic mass is 19.1. The van der Waals surface area contributed by atoms with Gasteiger partial charge < -0.3 is 20.1 Å². The van der Waals surface area contributed by atoms with E-state index < -0.39 is 23.4 Å². The summed E-state index contributed by atoms with van der Waals surface area (Å²) in [5.41, 5.74) is 0.117. The zero-order valence-corrected chi connectivity index (χ0v) is 14.5. The summed E-state index contributed by atoms with van der Waals surface area (Å²) in [7, 11) is 0. The van der Waals surface area contributed by atoms with Crippen LogP contribution in [-0.2, 0) is 15.1 Å². The number of morpholine rings is 1. The van der Waals surface area contributed by atoms with Gasteiger partial charge in [-0.1, -0.05) is 30.3 Å². The zero-order valence-electron chi connectivity index (χ0n) is 14.5. The summed E-state index contributed by atoms with van der Waals surface area (Å²) in [6, 6.07) is 13.0. The van der Waals surface area contributed by atoms with E-state index in [4.69, 9.17) is 4.74 Å². The number of hydrogen-bond acceptors (Lipinski definition) is 4. The van der Waals surface area contributed by atoms with Gasteiger partial charge in [-0.2, -0.15) is 0 Å². The molecule has 0 saturated carbocycles. The Kier molecular flexibility index (Phi) is 4.31. The van der Waals surface area contributed by atoms with Crippen molar-refractivity contribution in [1.82, 2.24) is 10.2 Å². The molecule has 27 heavy (non-hydrogen) atoms. The summed E-state index contributed by atoms with van der Waals surface area (Å²) in [6.45, 7) is 0.497. The van der Waals surface area contributed by atoms with E-state index in [2.05, 4.69) is 5.32 Å². The number of carbonyl (C=O) groups is 2. The fraction of sp³-hybridized carbons (Fsp3) is 0.300. The zero-order chi connectivity index (χ0) is 19.0. The van der Waals surface area contributed by atoms with Crippen molar-refractivity contribution in [2.45, 2.75) is 18.1 Å². The van der Waals surface area contributed by atoms with Crippen molar-refractivity contribution >= 4 is 11.8 Å². The quantitative estimate of drug-likeness (QED) is 0.845. The van der Waals surface area contributed by atoms with Gasteiger partial charge in [0.2, 0.25) is 5.91 Å². The molecule has 4 rings (SSSR count). The largest absolute Gasteiger partial charge is 0.508 e. The lowest BCUT2D eigenvalue weighted by Gasteiger charge is -2.50. The number of piperidine rings is 1. The van der Waals surface area contributed by atoms with Crippen LogP contribution >= 0.6 is 0 Å². The topological polar surface area (TPSA) is 78.9 Å². The second kappa shape index (κ2) is 6.66. The molecule has 2 atom stereocenters. The molecule has 2 fully saturated rings. The van der Waals surface area contributed by atoms with E-state index in [0.717, 1.165) is 11.6 Å². The standard InChI is InChI=1S/C20H19FN2O4/c21-16-10-14(24)6-7-15(16)19(26)23-9-8-20(13-4-2-1-3-5-13)17(11-23)27-12-18(25)22-20/h1-7,10,17,24H,8-9,11-12H2,(H,22,25)/t17-,20+/m1/s1. The van der Waals surface area contributed by atoms with Crippen LogP contribution in [0.2, 0.25) is 0 Å². The van der Waals surface area contributed by atoms with Gasteiger partial charge in [0.1, 0.15) is 24.3 Å². The number of nitrogens with one attached hydrogen (secondary N) is 1. The molecule has 0 radical (unpaired) electrons. The van der Waals surface area contributed by atoms with E-state index in [1.54, 1.807) is 0 Å². The van der Waals surface area contributed by atoms with Crippen LogP contribution in [0.15, 0.2) is 48.5 Å². The Morgan fingerprint density at radius 1 is 1.26 bits per heavy atom. The molecular formula is C20H19FN2O4. The number of amides is 2. The van der Waals surface area contributed by atoms with Gasteiger partial charge in [0, 0.05) is 19.2 Å². The molecule has 2 saturated heterocycles. The Balaban J connectivity index is 1.62. The van der Waals surface area contributed by atoms with Crippen molar-refractivity contribution in [3.63, 3.8) is 0 Å². The fourth-order valence-corrected chi connectivity index (χ4v) is 3.89. The van der Waals surface area contributed by atoms with Gasteiger partial charge in [-0.05, 0) is 24.1 Å². The number of aromatic hydroxyl groups is 1. The Morgan fingerprint density at radius 2 is 2.04 bits per heavy atom. The molecule has 7 heteroatoms. The second-order valence-electron chi connectivity index (χ2n) is 6.85. The van der Waals surface area contributed by atoms with Gasteiger partial charge in [0.15, 0.2) is 0 Å². The van der Waals surface area contributed by atoms with Crippen molar-refractivity contribution < 1.29 is 23.8 Å². The van der Waals surface area contributed by atoms with Crippen LogP contribution in [0.1, 0.15) is 22.3 Å². The summed E-state index contributed by atoms with van der Waals surface area (Å²) in [6.07, 6.45) is 0.0225. The minimum Gasteiger partial charge on any atom is -0.508 e. The van der Waals surface area contributed by atoms with Crippen molar-refractivity contribution in [2.24, 2.45) is 0 Å².